The molecule has 0 unspecified atom stereocenters. The Morgan fingerprint density at radius 1 is 1.56 bits per heavy atom. The maximum Gasteiger partial charge on any atom is 0.221 e. The van der Waals surface area contributed by atoms with Crippen LogP contribution in [0.4, 0.5) is 0 Å². The highest BCUT2D eigenvalue weighted by Crippen LogP contribution is 1.89. The molecule has 0 atom stereocenters. The molecule has 0 aromatic rings. The van der Waals surface area contributed by atoms with Crippen LogP contribution in [0.15, 0.2) is 0 Å². The van der Waals surface area contributed by atoms with Gasteiger partial charge in [-0.2, -0.15) is 0 Å². The zero-order valence-corrected chi connectivity index (χ0v) is 6.98. The summed E-state index contributed by atoms with van der Waals surface area (Å²) < 4.78 is 0. The summed E-state index contributed by atoms with van der Waals surface area (Å²) >= 11 is 0. The Morgan fingerprint density at radius 3 is 2.22 bits per heavy atom. The summed E-state index contributed by atoms with van der Waals surface area (Å²) in [6.07, 6.45) is 1.24. The predicted octanol–water partition coefficient (Wildman–Crippen LogP) is 0.371. The highest BCUT2D eigenvalue weighted by molar-refractivity contribution is 6.10. The van der Waals surface area contributed by atoms with Crippen molar-refractivity contribution >= 4 is 16.1 Å². The van der Waals surface area contributed by atoms with Gasteiger partial charge in [0.25, 0.3) is 0 Å². The molecule has 0 spiro atoms. The number of carbonyl (C=O) groups is 1. The third-order valence-electron chi connectivity index (χ3n) is 1.23. The van der Waals surface area contributed by atoms with Gasteiger partial charge in [0.05, 0.1) is 10.2 Å². The van der Waals surface area contributed by atoms with Crippen molar-refractivity contribution in [1.82, 2.24) is 4.90 Å². The zero-order valence-electron chi connectivity index (χ0n) is 5.98. The van der Waals surface area contributed by atoms with Gasteiger partial charge in [-0.25, -0.2) is 0 Å². The van der Waals surface area contributed by atoms with E-state index in [0.717, 1.165) is 6.54 Å². The third-order valence-corrected chi connectivity index (χ3v) is 1.61. The van der Waals surface area contributed by atoms with Crippen LogP contribution in [0.1, 0.15) is 20.3 Å². The van der Waals surface area contributed by atoms with Gasteiger partial charge >= 0.3 is 0 Å². The molecule has 0 bridgehead atoms. The molecule has 1 amide bonds. The Kier molecular flexibility index (Phi) is 4.40. The second-order valence-corrected chi connectivity index (χ2v) is 2.08. The van der Waals surface area contributed by atoms with Crippen molar-refractivity contribution in [3.63, 3.8) is 0 Å². The monoisotopic (exact) mass is 142 g/mol. The van der Waals surface area contributed by atoms with E-state index in [9.17, 15) is 4.79 Å². The van der Waals surface area contributed by atoms with Crippen molar-refractivity contribution in [1.29, 1.82) is 0 Å². The van der Waals surface area contributed by atoms with Crippen LogP contribution in [0.5, 0.6) is 0 Å². The van der Waals surface area contributed by atoms with E-state index in [-0.39, 0.29) is 5.91 Å². The highest BCUT2D eigenvalue weighted by atomic mass is 28.1. The van der Waals surface area contributed by atoms with Crippen molar-refractivity contribution < 1.29 is 4.79 Å². The molecule has 51 valence electrons. The SMILES string of the molecule is CCC(=O)N(CC)C[Si]. The molecule has 0 saturated carbocycles. The minimum Gasteiger partial charge on any atom is -0.347 e. The fourth-order valence-electron chi connectivity index (χ4n) is 0.600. The molecule has 0 heterocycles. The van der Waals surface area contributed by atoms with Gasteiger partial charge in [0, 0.05) is 19.1 Å². The molecular formula is C6H12NOSi. The minimum absolute atomic E-state index is 0.201. The first-order valence-corrected chi connectivity index (χ1v) is 3.89. The summed E-state index contributed by atoms with van der Waals surface area (Å²) in [6, 6.07) is 0. The first-order chi connectivity index (χ1) is 4.26. The van der Waals surface area contributed by atoms with E-state index in [0.29, 0.717) is 12.6 Å². The highest BCUT2D eigenvalue weighted by Gasteiger charge is 2.03. The molecule has 9 heavy (non-hydrogen) atoms. The molecular weight excluding hydrogens is 130 g/mol. The lowest BCUT2D eigenvalue weighted by Gasteiger charge is -2.16. The Balaban J connectivity index is 3.64. The smallest absolute Gasteiger partial charge is 0.221 e. The summed E-state index contributed by atoms with van der Waals surface area (Å²) in [5.74, 6) is 0.201. The van der Waals surface area contributed by atoms with Crippen LogP contribution in [0.2, 0.25) is 0 Å². The van der Waals surface area contributed by atoms with E-state index in [2.05, 4.69) is 10.2 Å². The molecule has 0 aliphatic rings. The van der Waals surface area contributed by atoms with Crippen LogP contribution in [-0.2, 0) is 4.79 Å². The Morgan fingerprint density at radius 2 is 2.11 bits per heavy atom. The fraction of sp³-hybridized carbons (Fsp3) is 0.833. The molecule has 0 aromatic carbocycles. The van der Waals surface area contributed by atoms with E-state index in [1.54, 1.807) is 4.90 Å². The normalized spacial score (nSPS) is 9.22. The number of nitrogens with zero attached hydrogens (tertiary/aromatic N) is 1. The van der Waals surface area contributed by atoms with E-state index < -0.39 is 0 Å². The lowest BCUT2D eigenvalue weighted by Crippen LogP contribution is -2.31. The van der Waals surface area contributed by atoms with Crippen molar-refractivity contribution in [3.05, 3.63) is 0 Å². The maximum absolute atomic E-state index is 10.9. The van der Waals surface area contributed by atoms with Gasteiger partial charge in [-0.3, -0.25) is 4.79 Å². The van der Waals surface area contributed by atoms with Crippen LogP contribution in [-0.4, -0.2) is 33.8 Å². The quantitative estimate of drug-likeness (QED) is 0.521. The van der Waals surface area contributed by atoms with Crippen LogP contribution in [0, 0.1) is 0 Å². The molecule has 3 radical (unpaired) electrons. The van der Waals surface area contributed by atoms with Gasteiger partial charge in [-0.05, 0) is 6.92 Å². The van der Waals surface area contributed by atoms with Crippen molar-refractivity contribution in [2.24, 2.45) is 0 Å². The van der Waals surface area contributed by atoms with E-state index in [1.807, 2.05) is 13.8 Å². The lowest BCUT2D eigenvalue weighted by atomic mass is 10.4. The molecule has 2 nitrogen and oxygen atoms in total. The largest absolute Gasteiger partial charge is 0.347 e. The summed E-state index contributed by atoms with van der Waals surface area (Å²) in [5, 5.41) is 0. The summed E-state index contributed by atoms with van der Waals surface area (Å²) in [6.45, 7) is 4.62. The number of hydrogen-bond donors (Lipinski definition) is 0. The first kappa shape index (κ1) is 8.69. The van der Waals surface area contributed by atoms with Crippen LogP contribution in [0.25, 0.3) is 0 Å². The Hall–Kier alpha value is -0.313. The molecule has 3 heteroatoms. The van der Waals surface area contributed by atoms with Crippen molar-refractivity contribution in [2.75, 3.05) is 12.7 Å². The summed E-state index contributed by atoms with van der Waals surface area (Å²) in [4.78, 5) is 12.6. The van der Waals surface area contributed by atoms with Gasteiger partial charge in [-0.15, -0.1) is 0 Å². The number of amides is 1. The Labute approximate surface area is 59.7 Å². The standard InChI is InChI=1S/C6H12NOSi/c1-3-6(8)7(4-2)5-9/h3-5H2,1-2H3. The molecule has 0 saturated heterocycles. The molecule has 0 aromatic heterocycles. The second kappa shape index (κ2) is 4.55. The van der Waals surface area contributed by atoms with Gasteiger partial charge in [-0.1, -0.05) is 6.92 Å². The first-order valence-electron chi connectivity index (χ1n) is 3.18. The zero-order chi connectivity index (χ0) is 7.28. The van der Waals surface area contributed by atoms with E-state index in [1.165, 1.54) is 0 Å². The van der Waals surface area contributed by atoms with Crippen molar-refractivity contribution in [3.8, 4) is 0 Å². The number of carbonyl (C=O) groups excluding carboxylic acids is 1. The predicted molar refractivity (Wildman–Crippen MR) is 38.3 cm³/mol. The van der Waals surface area contributed by atoms with Gasteiger partial charge in [0.15, 0.2) is 0 Å². The third kappa shape index (κ3) is 2.65. The molecule has 0 aliphatic heterocycles. The number of rotatable bonds is 3. The van der Waals surface area contributed by atoms with Gasteiger partial charge < -0.3 is 4.90 Å². The number of hydrogen-bond acceptors (Lipinski definition) is 1. The second-order valence-electron chi connectivity index (χ2n) is 1.76. The Bertz CT molecular complexity index is 91.1. The average molecular weight is 142 g/mol. The molecule has 0 aliphatic carbocycles. The maximum atomic E-state index is 10.9. The van der Waals surface area contributed by atoms with Crippen LogP contribution in [0.3, 0.4) is 0 Å². The van der Waals surface area contributed by atoms with Crippen LogP contribution < -0.4 is 0 Å². The van der Waals surface area contributed by atoms with Crippen LogP contribution >= 0.6 is 0 Å². The van der Waals surface area contributed by atoms with Crippen molar-refractivity contribution in [2.45, 2.75) is 20.3 Å². The van der Waals surface area contributed by atoms with E-state index >= 15 is 0 Å². The molecule has 0 N–H and O–H groups in total. The van der Waals surface area contributed by atoms with Gasteiger partial charge in [0.1, 0.15) is 0 Å². The molecule has 0 fully saturated rings. The van der Waals surface area contributed by atoms with E-state index in [4.69, 9.17) is 0 Å². The average Bonchev–Trinajstić information content (AvgIpc) is 1.90. The van der Waals surface area contributed by atoms with Gasteiger partial charge in [0.2, 0.25) is 5.91 Å². The minimum atomic E-state index is 0.201. The topological polar surface area (TPSA) is 20.3 Å². The summed E-state index contributed by atoms with van der Waals surface area (Å²) in [7, 11) is 3.27. The molecule has 0 rings (SSSR count). The lowest BCUT2D eigenvalue weighted by molar-refractivity contribution is -0.129. The summed E-state index contributed by atoms with van der Waals surface area (Å²) in [5.41, 5.74) is 0. The fourth-order valence-corrected chi connectivity index (χ4v) is 1.000.